The SMILES string of the molecule is Cn1c2c(c(=O)[nH]c1=O)C(c1ccccc1)C1=C(CC(C)(C)CC1=O)N2. The highest BCUT2D eigenvalue weighted by Crippen LogP contribution is 2.47. The molecule has 1 aromatic carbocycles. The van der Waals surface area contributed by atoms with Gasteiger partial charge in [-0.1, -0.05) is 44.2 Å². The van der Waals surface area contributed by atoms with E-state index in [0.29, 0.717) is 29.8 Å². The number of aromatic nitrogens is 2. The predicted molar refractivity (Wildman–Crippen MR) is 99.3 cm³/mol. The quantitative estimate of drug-likeness (QED) is 0.825. The molecule has 134 valence electrons. The molecule has 6 heteroatoms. The molecule has 1 atom stereocenters. The molecule has 4 rings (SSSR count). The van der Waals surface area contributed by atoms with Crippen molar-refractivity contribution < 1.29 is 4.79 Å². The summed E-state index contributed by atoms with van der Waals surface area (Å²) >= 11 is 0. The molecule has 0 radical (unpaired) electrons. The van der Waals surface area contributed by atoms with Crippen LogP contribution in [0.4, 0.5) is 5.82 Å². The van der Waals surface area contributed by atoms with Gasteiger partial charge in [0.2, 0.25) is 0 Å². The van der Waals surface area contributed by atoms with E-state index in [1.54, 1.807) is 7.05 Å². The first-order chi connectivity index (χ1) is 12.3. The van der Waals surface area contributed by atoms with Gasteiger partial charge in [0, 0.05) is 30.7 Å². The number of nitrogens with one attached hydrogen (secondary N) is 2. The molecule has 0 spiro atoms. The summed E-state index contributed by atoms with van der Waals surface area (Å²) in [6.07, 6.45) is 1.13. The maximum atomic E-state index is 13.0. The largest absolute Gasteiger partial charge is 0.344 e. The van der Waals surface area contributed by atoms with Crippen molar-refractivity contribution in [1.82, 2.24) is 9.55 Å². The molecule has 1 unspecified atom stereocenters. The fourth-order valence-corrected chi connectivity index (χ4v) is 4.10. The number of ketones is 1. The Kier molecular flexibility index (Phi) is 3.54. The van der Waals surface area contributed by atoms with Gasteiger partial charge in [0.25, 0.3) is 5.56 Å². The van der Waals surface area contributed by atoms with Gasteiger partial charge in [-0.25, -0.2) is 4.79 Å². The van der Waals surface area contributed by atoms with Gasteiger partial charge in [-0.3, -0.25) is 19.1 Å². The van der Waals surface area contributed by atoms with Crippen LogP contribution in [0.2, 0.25) is 0 Å². The fraction of sp³-hybridized carbons (Fsp3) is 0.350. The fourth-order valence-electron chi connectivity index (χ4n) is 4.10. The lowest BCUT2D eigenvalue weighted by Crippen LogP contribution is -2.41. The van der Waals surface area contributed by atoms with Crippen LogP contribution >= 0.6 is 0 Å². The number of rotatable bonds is 1. The van der Waals surface area contributed by atoms with E-state index in [9.17, 15) is 14.4 Å². The second-order valence-electron chi connectivity index (χ2n) is 7.88. The second-order valence-corrected chi connectivity index (χ2v) is 7.88. The molecule has 0 amide bonds. The molecule has 0 fully saturated rings. The minimum Gasteiger partial charge on any atom is -0.344 e. The minimum atomic E-state index is -0.474. The Morgan fingerprint density at radius 3 is 2.46 bits per heavy atom. The van der Waals surface area contributed by atoms with Crippen molar-refractivity contribution in [2.45, 2.75) is 32.6 Å². The Labute approximate surface area is 150 Å². The third kappa shape index (κ3) is 2.44. The van der Waals surface area contributed by atoms with Crippen LogP contribution in [-0.4, -0.2) is 15.3 Å². The van der Waals surface area contributed by atoms with E-state index >= 15 is 0 Å². The van der Waals surface area contributed by atoms with Crippen molar-refractivity contribution in [3.05, 3.63) is 73.6 Å². The van der Waals surface area contributed by atoms with Crippen molar-refractivity contribution in [2.24, 2.45) is 12.5 Å². The van der Waals surface area contributed by atoms with Crippen LogP contribution in [0.15, 0.2) is 51.2 Å². The zero-order chi connectivity index (χ0) is 18.6. The number of aromatic amines is 1. The predicted octanol–water partition coefficient (Wildman–Crippen LogP) is 2.27. The van der Waals surface area contributed by atoms with E-state index in [-0.39, 0.29) is 11.2 Å². The Morgan fingerprint density at radius 2 is 1.77 bits per heavy atom. The van der Waals surface area contributed by atoms with Crippen LogP contribution in [-0.2, 0) is 11.8 Å². The zero-order valence-electron chi connectivity index (χ0n) is 15.1. The van der Waals surface area contributed by atoms with E-state index in [1.165, 1.54) is 4.57 Å². The first-order valence-electron chi connectivity index (χ1n) is 8.70. The van der Waals surface area contributed by atoms with Gasteiger partial charge in [0.1, 0.15) is 5.82 Å². The van der Waals surface area contributed by atoms with Gasteiger partial charge in [-0.05, 0) is 17.4 Å². The summed E-state index contributed by atoms with van der Waals surface area (Å²) in [6.45, 7) is 4.11. The van der Waals surface area contributed by atoms with Gasteiger partial charge in [-0.2, -0.15) is 0 Å². The van der Waals surface area contributed by atoms with Crippen molar-refractivity contribution in [3.8, 4) is 0 Å². The molecule has 1 aliphatic carbocycles. The molecule has 0 bridgehead atoms. The lowest BCUT2D eigenvalue weighted by molar-refractivity contribution is -0.118. The molecule has 0 saturated heterocycles. The summed E-state index contributed by atoms with van der Waals surface area (Å²) in [7, 11) is 1.62. The van der Waals surface area contributed by atoms with E-state index in [1.807, 2.05) is 30.3 Å². The van der Waals surface area contributed by atoms with Crippen LogP contribution < -0.4 is 16.6 Å². The summed E-state index contributed by atoms with van der Waals surface area (Å²) in [5.74, 6) is 0.0509. The molecule has 26 heavy (non-hydrogen) atoms. The monoisotopic (exact) mass is 351 g/mol. The molecular weight excluding hydrogens is 330 g/mol. The molecule has 6 nitrogen and oxygen atoms in total. The number of carbonyl (C=O) groups excluding carboxylic acids is 1. The van der Waals surface area contributed by atoms with Crippen LogP contribution in [0.5, 0.6) is 0 Å². The average molecular weight is 351 g/mol. The molecule has 1 aliphatic heterocycles. The Hall–Kier alpha value is -2.89. The smallest absolute Gasteiger partial charge is 0.329 e. The van der Waals surface area contributed by atoms with Gasteiger partial charge in [0.15, 0.2) is 5.78 Å². The molecule has 2 aromatic rings. The molecular formula is C20H21N3O3. The maximum Gasteiger partial charge on any atom is 0.329 e. The summed E-state index contributed by atoms with van der Waals surface area (Å²) in [6, 6.07) is 9.52. The van der Waals surface area contributed by atoms with Crippen LogP contribution in [0.1, 0.15) is 43.7 Å². The lowest BCUT2D eigenvalue weighted by Gasteiger charge is -2.39. The highest BCUT2D eigenvalue weighted by molar-refractivity contribution is 6.01. The standard InChI is InChI=1S/C20H21N3O3/c1-20(2)9-12-15(13(24)10-20)14(11-7-5-4-6-8-11)16-17(21-12)23(3)19(26)22-18(16)25/h4-8,14,21H,9-10H2,1-3H3,(H,22,25,26). The van der Waals surface area contributed by atoms with E-state index in [2.05, 4.69) is 24.1 Å². The number of H-pyrrole nitrogens is 1. The van der Waals surface area contributed by atoms with Crippen LogP contribution in [0, 0.1) is 5.41 Å². The number of hydrogen-bond donors (Lipinski definition) is 2. The highest BCUT2D eigenvalue weighted by Gasteiger charge is 2.42. The third-order valence-corrected chi connectivity index (χ3v) is 5.26. The van der Waals surface area contributed by atoms with Crippen molar-refractivity contribution in [1.29, 1.82) is 0 Å². The summed E-state index contributed by atoms with van der Waals surface area (Å²) < 4.78 is 1.41. The number of nitrogens with zero attached hydrogens (tertiary/aromatic N) is 1. The number of allylic oxidation sites excluding steroid dienone is 2. The first kappa shape index (κ1) is 16.6. The lowest BCUT2D eigenvalue weighted by atomic mass is 9.69. The van der Waals surface area contributed by atoms with Gasteiger partial charge >= 0.3 is 5.69 Å². The first-order valence-corrected chi connectivity index (χ1v) is 8.70. The number of anilines is 1. The van der Waals surface area contributed by atoms with Crippen LogP contribution in [0.3, 0.4) is 0 Å². The number of Topliss-reactive ketones (excluding diaryl/α,β-unsaturated/α-hetero) is 1. The van der Waals surface area contributed by atoms with Gasteiger partial charge in [-0.15, -0.1) is 0 Å². The Morgan fingerprint density at radius 1 is 1.08 bits per heavy atom. The number of carbonyl (C=O) groups is 1. The zero-order valence-corrected chi connectivity index (χ0v) is 15.1. The second kappa shape index (κ2) is 5.56. The topological polar surface area (TPSA) is 84.0 Å². The Bertz CT molecular complexity index is 1060. The highest BCUT2D eigenvalue weighted by atomic mass is 16.2. The van der Waals surface area contributed by atoms with E-state index in [4.69, 9.17) is 0 Å². The summed E-state index contributed by atoms with van der Waals surface area (Å²) in [5, 5.41) is 3.24. The third-order valence-electron chi connectivity index (χ3n) is 5.26. The molecule has 0 saturated carbocycles. The summed E-state index contributed by atoms with van der Waals surface area (Å²) in [5.41, 5.74) is 1.67. The van der Waals surface area contributed by atoms with Crippen molar-refractivity contribution in [3.63, 3.8) is 0 Å². The molecule has 1 aromatic heterocycles. The molecule has 2 aliphatic rings. The average Bonchev–Trinajstić information content (AvgIpc) is 2.57. The molecule has 2 N–H and O–H groups in total. The number of benzene rings is 1. The van der Waals surface area contributed by atoms with Gasteiger partial charge in [0.05, 0.1) is 5.56 Å². The van der Waals surface area contributed by atoms with Crippen LogP contribution in [0.25, 0.3) is 0 Å². The minimum absolute atomic E-state index is 0.0523. The van der Waals surface area contributed by atoms with Crippen molar-refractivity contribution >= 4 is 11.6 Å². The van der Waals surface area contributed by atoms with Gasteiger partial charge < -0.3 is 5.32 Å². The van der Waals surface area contributed by atoms with E-state index < -0.39 is 17.2 Å². The maximum absolute atomic E-state index is 13.0. The summed E-state index contributed by atoms with van der Waals surface area (Å²) in [4.78, 5) is 40.2. The van der Waals surface area contributed by atoms with Crippen molar-refractivity contribution in [2.75, 3.05) is 5.32 Å². The van der Waals surface area contributed by atoms with E-state index in [0.717, 1.165) is 11.3 Å². The number of fused-ring (bicyclic) bond motifs is 1. The Balaban J connectivity index is 2.05. The number of hydrogen-bond acceptors (Lipinski definition) is 4. The normalized spacial score (nSPS) is 21.0. The molecule has 2 heterocycles.